The summed E-state index contributed by atoms with van der Waals surface area (Å²) in [4.78, 5) is 2.32. The number of hydrogen-bond acceptors (Lipinski definition) is 4. The van der Waals surface area contributed by atoms with Crippen molar-refractivity contribution in [3.63, 3.8) is 0 Å². The van der Waals surface area contributed by atoms with E-state index >= 15 is 0 Å². The highest BCUT2D eigenvalue weighted by Crippen LogP contribution is 2.30. The van der Waals surface area contributed by atoms with Gasteiger partial charge >= 0.3 is 0 Å². The van der Waals surface area contributed by atoms with Gasteiger partial charge in [0.1, 0.15) is 0 Å². The SMILES string of the molecule is CCC(N)C(c1ccccc1C)N1CCOCC1CO. The third kappa shape index (κ3) is 3.20. The third-order valence-electron chi connectivity index (χ3n) is 4.23. The molecule has 1 saturated heterocycles. The molecule has 20 heavy (non-hydrogen) atoms. The van der Waals surface area contributed by atoms with Crippen molar-refractivity contribution >= 4 is 0 Å². The van der Waals surface area contributed by atoms with Gasteiger partial charge in [0.2, 0.25) is 0 Å². The van der Waals surface area contributed by atoms with Gasteiger partial charge in [-0.2, -0.15) is 0 Å². The van der Waals surface area contributed by atoms with Gasteiger partial charge in [0, 0.05) is 12.6 Å². The molecule has 0 amide bonds. The highest BCUT2D eigenvalue weighted by Gasteiger charge is 2.33. The number of aliphatic hydroxyl groups is 1. The normalized spacial score (nSPS) is 23.5. The zero-order valence-corrected chi connectivity index (χ0v) is 12.5. The lowest BCUT2D eigenvalue weighted by atomic mass is 9.91. The standard InChI is InChI=1S/C16H26N2O2/c1-3-15(17)16(14-7-5-4-6-12(14)2)18-8-9-20-11-13(18)10-19/h4-7,13,15-16,19H,3,8-11,17H2,1-2H3. The van der Waals surface area contributed by atoms with Crippen molar-refractivity contribution in [1.29, 1.82) is 0 Å². The summed E-state index contributed by atoms with van der Waals surface area (Å²) in [5.41, 5.74) is 8.92. The van der Waals surface area contributed by atoms with Gasteiger partial charge in [-0.25, -0.2) is 0 Å². The van der Waals surface area contributed by atoms with E-state index in [4.69, 9.17) is 10.5 Å². The molecule has 0 spiro atoms. The van der Waals surface area contributed by atoms with Gasteiger partial charge in [-0.05, 0) is 24.5 Å². The lowest BCUT2D eigenvalue weighted by Gasteiger charge is -2.43. The minimum atomic E-state index is 0.0333. The van der Waals surface area contributed by atoms with Crippen LogP contribution in [0, 0.1) is 6.92 Å². The smallest absolute Gasteiger partial charge is 0.0645 e. The maximum absolute atomic E-state index is 9.62. The number of aliphatic hydroxyl groups excluding tert-OH is 1. The predicted molar refractivity (Wildman–Crippen MR) is 80.6 cm³/mol. The number of nitrogens with two attached hydrogens (primary N) is 1. The van der Waals surface area contributed by atoms with Crippen molar-refractivity contribution in [2.24, 2.45) is 5.73 Å². The summed E-state index contributed by atoms with van der Waals surface area (Å²) < 4.78 is 5.49. The van der Waals surface area contributed by atoms with Gasteiger partial charge in [-0.1, -0.05) is 31.2 Å². The summed E-state index contributed by atoms with van der Waals surface area (Å²) in [6.07, 6.45) is 0.911. The van der Waals surface area contributed by atoms with E-state index in [-0.39, 0.29) is 24.7 Å². The van der Waals surface area contributed by atoms with Crippen LogP contribution in [0.2, 0.25) is 0 Å². The van der Waals surface area contributed by atoms with Crippen LogP contribution in [0.3, 0.4) is 0 Å². The molecule has 112 valence electrons. The van der Waals surface area contributed by atoms with Crippen molar-refractivity contribution < 1.29 is 9.84 Å². The molecule has 3 unspecified atom stereocenters. The molecule has 1 aromatic carbocycles. The number of ether oxygens (including phenoxy) is 1. The summed E-state index contributed by atoms with van der Waals surface area (Å²) in [6, 6.07) is 8.62. The maximum atomic E-state index is 9.62. The van der Waals surface area contributed by atoms with Crippen LogP contribution < -0.4 is 5.73 Å². The molecule has 0 radical (unpaired) electrons. The molecule has 4 heteroatoms. The Kier molecular flexibility index (Phi) is 5.54. The summed E-state index contributed by atoms with van der Waals surface area (Å²) >= 11 is 0. The molecule has 0 aromatic heterocycles. The molecule has 2 rings (SSSR count). The largest absolute Gasteiger partial charge is 0.395 e. The Balaban J connectivity index is 2.34. The molecule has 0 bridgehead atoms. The molecule has 1 fully saturated rings. The number of aryl methyl sites for hydroxylation is 1. The van der Waals surface area contributed by atoms with E-state index < -0.39 is 0 Å². The first-order valence-electron chi connectivity index (χ1n) is 7.44. The van der Waals surface area contributed by atoms with Gasteiger partial charge < -0.3 is 15.6 Å². The van der Waals surface area contributed by atoms with E-state index in [1.54, 1.807) is 0 Å². The number of nitrogens with zero attached hydrogens (tertiary/aromatic N) is 1. The van der Waals surface area contributed by atoms with Crippen molar-refractivity contribution in [2.45, 2.75) is 38.4 Å². The average molecular weight is 278 g/mol. The van der Waals surface area contributed by atoms with Crippen LogP contribution in [-0.2, 0) is 4.74 Å². The van der Waals surface area contributed by atoms with Gasteiger partial charge in [-0.3, -0.25) is 4.90 Å². The van der Waals surface area contributed by atoms with Gasteiger partial charge in [0.15, 0.2) is 0 Å². The van der Waals surface area contributed by atoms with Gasteiger partial charge in [0.25, 0.3) is 0 Å². The second-order valence-electron chi connectivity index (χ2n) is 5.52. The lowest BCUT2D eigenvalue weighted by Crippen LogP contribution is -2.53. The zero-order valence-electron chi connectivity index (χ0n) is 12.5. The van der Waals surface area contributed by atoms with Crippen LogP contribution in [0.25, 0.3) is 0 Å². The van der Waals surface area contributed by atoms with Crippen LogP contribution in [0.5, 0.6) is 0 Å². The Morgan fingerprint density at radius 2 is 2.20 bits per heavy atom. The summed E-state index contributed by atoms with van der Waals surface area (Å²) in [7, 11) is 0. The van der Waals surface area contributed by atoms with Crippen LogP contribution in [-0.4, -0.2) is 48.5 Å². The third-order valence-corrected chi connectivity index (χ3v) is 4.23. The van der Waals surface area contributed by atoms with E-state index in [1.165, 1.54) is 11.1 Å². The molecular formula is C16H26N2O2. The summed E-state index contributed by atoms with van der Waals surface area (Å²) in [5.74, 6) is 0. The highest BCUT2D eigenvalue weighted by atomic mass is 16.5. The summed E-state index contributed by atoms with van der Waals surface area (Å²) in [5, 5.41) is 9.62. The molecule has 1 heterocycles. The van der Waals surface area contributed by atoms with Crippen molar-refractivity contribution in [1.82, 2.24) is 4.90 Å². The Hall–Kier alpha value is -0.940. The number of morpholine rings is 1. The Bertz CT molecular complexity index is 425. The first-order valence-corrected chi connectivity index (χ1v) is 7.44. The molecule has 0 saturated carbocycles. The fourth-order valence-corrected chi connectivity index (χ4v) is 2.99. The van der Waals surface area contributed by atoms with E-state index in [0.29, 0.717) is 13.2 Å². The lowest BCUT2D eigenvalue weighted by molar-refractivity contribution is -0.0529. The first kappa shape index (κ1) is 15.4. The monoisotopic (exact) mass is 278 g/mol. The molecule has 1 aliphatic rings. The van der Waals surface area contributed by atoms with Gasteiger partial charge in [-0.15, -0.1) is 0 Å². The molecule has 3 N–H and O–H groups in total. The van der Waals surface area contributed by atoms with Crippen molar-refractivity contribution in [2.75, 3.05) is 26.4 Å². The Labute approximate surface area is 121 Å². The first-order chi connectivity index (χ1) is 9.69. The van der Waals surface area contributed by atoms with Crippen molar-refractivity contribution in [3.8, 4) is 0 Å². The van der Waals surface area contributed by atoms with Crippen LogP contribution >= 0.6 is 0 Å². The number of benzene rings is 1. The van der Waals surface area contributed by atoms with E-state index in [2.05, 4.69) is 43.0 Å². The average Bonchev–Trinajstić information content (AvgIpc) is 2.49. The highest BCUT2D eigenvalue weighted by molar-refractivity contribution is 5.30. The Morgan fingerprint density at radius 3 is 2.85 bits per heavy atom. The molecule has 0 aliphatic carbocycles. The van der Waals surface area contributed by atoms with E-state index in [9.17, 15) is 5.11 Å². The fourth-order valence-electron chi connectivity index (χ4n) is 2.99. The van der Waals surface area contributed by atoms with Crippen molar-refractivity contribution in [3.05, 3.63) is 35.4 Å². The summed E-state index contributed by atoms with van der Waals surface area (Å²) in [6.45, 7) is 6.45. The molecule has 4 nitrogen and oxygen atoms in total. The number of rotatable bonds is 5. The minimum absolute atomic E-state index is 0.0333. The molecular weight excluding hydrogens is 252 g/mol. The Morgan fingerprint density at radius 1 is 1.45 bits per heavy atom. The molecule has 1 aromatic rings. The zero-order chi connectivity index (χ0) is 14.5. The predicted octanol–water partition coefficient (Wildman–Crippen LogP) is 1.47. The van der Waals surface area contributed by atoms with Crippen LogP contribution in [0.15, 0.2) is 24.3 Å². The molecule has 3 atom stereocenters. The second kappa shape index (κ2) is 7.18. The molecule has 1 aliphatic heterocycles. The minimum Gasteiger partial charge on any atom is -0.395 e. The van der Waals surface area contributed by atoms with E-state index in [0.717, 1.165) is 13.0 Å². The second-order valence-corrected chi connectivity index (χ2v) is 5.52. The van der Waals surface area contributed by atoms with Crippen LogP contribution in [0.1, 0.15) is 30.5 Å². The quantitative estimate of drug-likeness (QED) is 0.856. The topological polar surface area (TPSA) is 58.7 Å². The maximum Gasteiger partial charge on any atom is 0.0645 e. The fraction of sp³-hybridized carbons (Fsp3) is 0.625. The van der Waals surface area contributed by atoms with Crippen LogP contribution in [0.4, 0.5) is 0 Å². The van der Waals surface area contributed by atoms with Gasteiger partial charge in [0.05, 0.1) is 31.9 Å². The number of hydrogen-bond donors (Lipinski definition) is 2. The van der Waals surface area contributed by atoms with E-state index in [1.807, 2.05) is 0 Å².